The van der Waals surface area contributed by atoms with Crippen molar-refractivity contribution in [2.45, 2.75) is 57.5 Å². The predicted octanol–water partition coefficient (Wildman–Crippen LogP) is 6.91. The molecule has 3 N–H and O–H groups in total. The van der Waals surface area contributed by atoms with E-state index in [1.165, 1.54) is 10.9 Å². The van der Waals surface area contributed by atoms with Crippen LogP contribution in [0.3, 0.4) is 0 Å². The van der Waals surface area contributed by atoms with Gasteiger partial charge in [0, 0.05) is 23.0 Å². The molecule has 0 bridgehead atoms. The van der Waals surface area contributed by atoms with Gasteiger partial charge < -0.3 is 20.5 Å². The van der Waals surface area contributed by atoms with Gasteiger partial charge in [-0.2, -0.15) is 13.2 Å². The zero-order valence-electron chi connectivity index (χ0n) is 23.0. The second-order valence-electron chi connectivity index (χ2n) is 10.1. The molecule has 0 spiro atoms. The van der Waals surface area contributed by atoms with Gasteiger partial charge in [-0.05, 0) is 80.1 Å². The minimum atomic E-state index is -5.08. The molecule has 0 radical (unpaired) electrons. The Morgan fingerprint density at radius 1 is 0.905 bits per heavy atom. The normalized spacial score (nSPS) is 16.6. The van der Waals surface area contributed by atoms with Gasteiger partial charge in [0.1, 0.15) is 18.2 Å². The maximum absolute atomic E-state index is 12.8. The summed E-state index contributed by atoms with van der Waals surface area (Å²) in [6.45, 7) is 2.64. The molecule has 0 saturated heterocycles. The minimum Gasteiger partial charge on any atom is -0.489 e. The maximum atomic E-state index is 12.8. The molecule has 1 heterocycles. The Labute approximate surface area is 241 Å². The Morgan fingerprint density at radius 3 is 2.14 bits per heavy atom. The molecule has 1 aliphatic rings. The standard InChI is InChI=1S/C30H31N3O2.C2HF3O2/c1-21-19-29(33-28-10-6-5-9-27(21)28)31-24-13-15-25(16-14-24)32-30(34)23-11-17-26(18-12-23)35-20-22-7-3-2-4-8-22;3-2(4,5)1(6)7/h2-12,17-19,24-25H,13-16,20H2,1H3,(H,31,33)(H,32,34);(H,6,7)/t24-,25+;. The van der Waals surface area contributed by atoms with Crippen molar-refractivity contribution in [3.63, 3.8) is 0 Å². The van der Waals surface area contributed by atoms with E-state index in [-0.39, 0.29) is 11.9 Å². The first kappa shape index (κ1) is 30.4. The highest BCUT2D eigenvalue weighted by Crippen LogP contribution is 2.25. The number of carboxylic acids is 1. The quantitative estimate of drug-likeness (QED) is 0.220. The number of rotatable bonds is 7. The summed E-state index contributed by atoms with van der Waals surface area (Å²) in [5.41, 5.74) is 4.03. The lowest BCUT2D eigenvalue weighted by Gasteiger charge is -2.30. The van der Waals surface area contributed by atoms with Gasteiger partial charge in [-0.25, -0.2) is 9.78 Å². The monoisotopic (exact) mass is 579 g/mol. The van der Waals surface area contributed by atoms with Crippen molar-refractivity contribution in [1.29, 1.82) is 0 Å². The average molecular weight is 580 g/mol. The van der Waals surface area contributed by atoms with Crippen LogP contribution in [0, 0.1) is 6.92 Å². The maximum Gasteiger partial charge on any atom is 0.490 e. The van der Waals surface area contributed by atoms with E-state index in [1.54, 1.807) is 0 Å². The summed E-state index contributed by atoms with van der Waals surface area (Å²) < 4.78 is 37.6. The molecule has 42 heavy (non-hydrogen) atoms. The Morgan fingerprint density at radius 2 is 1.50 bits per heavy atom. The van der Waals surface area contributed by atoms with E-state index in [4.69, 9.17) is 19.6 Å². The third kappa shape index (κ3) is 8.70. The van der Waals surface area contributed by atoms with Gasteiger partial charge in [0.2, 0.25) is 0 Å². The number of aromatic nitrogens is 1. The number of alkyl halides is 3. The molecule has 1 amide bonds. The lowest BCUT2D eigenvalue weighted by atomic mass is 9.91. The molecule has 5 rings (SSSR count). The largest absolute Gasteiger partial charge is 0.490 e. The number of carboxylic acid groups (broad SMARTS) is 1. The molecule has 1 aliphatic carbocycles. The van der Waals surface area contributed by atoms with Crippen molar-refractivity contribution in [3.8, 4) is 5.75 Å². The molecular formula is C32H32F3N3O4. The van der Waals surface area contributed by atoms with Crippen LogP contribution in [0.25, 0.3) is 10.9 Å². The summed E-state index contributed by atoms with van der Waals surface area (Å²) in [6.07, 6.45) is -1.17. The highest BCUT2D eigenvalue weighted by atomic mass is 19.4. The molecule has 1 fully saturated rings. The van der Waals surface area contributed by atoms with E-state index >= 15 is 0 Å². The number of ether oxygens (including phenoxy) is 1. The van der Waals surface area contributed by atoms with E-state index in [1.807, 2.05) is 66.7 Å². The van der Waals surface area contributed by atoms with Gasteiger partial charge in [-0.15, -0.1) is 0 Å². The van der Waals surface area contributed by atoms with Gasteiger partial charge in [0.05, 0.1) is 5.52 Å². The number of halogens is 3. The van der Waals surface area contributed by atoms with E-state index in [0.29, 0.717) is 18.2 Å². The fourth-order valence-corrected chi connectivity index (χ4v) is 4.73. The number of amides is 1. The second kappa shape index (κ2) is 13.8. The third-order valence-corrected chi connectivity index (χ3v) is 6.94. The number of pyridine rings is 1. The predicted molar refractivity (Wildman–Crippen MR) is 155 cm³/mol. The lowest BCUT2D eigenvalue weighted by molar-refractivity contribution is -0.192. The Bertz CT molecular complexity index is 1490. The number of nitrogens with one attached hydrogen (secondary N) is 2. The van der Waals surface area contributed by atoms with Crippen LogP contribution >= 0.6 is 0 Å². The Hall–Kier alpha value is -4.60. The van der Waals surface area contributed by atoms with Crippen LogP contribution in [-0.4, -0.2) is 40.2 Å². The van der Waals surface area contributed by atoms with Crippen molar-refractivity contribution >= 4 is 28.6 Å². The second-order valence-corrected chi connectivity index (χ2v) is 10.1. The highest BCUT2D eigenvalue weighted by Gasteiger charge is 2.38. The number of carbonyl (C=O) groups is 2. The van der Waals surface area contributed by atoms with Crippen LogP contribution in [0.4, 0.5) is 19.0 Å². The van der Waals surface area contributed by atoms with E-state index in [2.05, 4.69) is 35.8 Å². The topological polar surface area (TPSA) is 101 Å². The molecule has 0 unspecified atom stereocenters. The van der Waals surface area contributed by atoms with Crippen LogP contribution < -0.4 is 15.4 Å². The fraction of sp³-hybridized carbons (Fsp3) is 0.281. The third-order valence-electron chi connectivity index (χ3n) is 6.94. The van der Waals surface area contributed by atoms with E-state index < -0.39 is 12.1 Å². The number of anilines is 1. The number of hydrogen-bond donors (Lipinski definition) is 3. The zero-order chi connectivity index (χ0) is 30.1. The highest BCUT2D eigenvalue weighted by molar-refractivity contribution is 5.94. The Balaban J connectivity index is 0.000000517. The van der Waals surface area contributed by atoms with E-state index in [0.717, 1.165) is 48.3 Å². The summed E-state index contributed by atoms with van der Waals surface area (Å²) >= 11 is 0. The number of hydrogen-bond acceptors (Lipinski definition) is 5. The Kier molecular flexibility index (Phi) is 10.0. The molecule has 220 valence electrons. The number of aryl methyl sites for hydroxylation is 1. The van der Waals surface area contributed by atoms with Crippen molar-refractivity contribution in [2.24, 2.45) is 0 Å². The number of benzene rings is 3. The molecule has 0 atom stereocenters. The lowest BCUT2D eigenvalue weighted by Crippen LogP contribution is -2.40. The van der Waals surface area contributed by atoms with Gasteiger partial charge in [-0.1, -0.05) is 48.5 Å². The summed E-state index contributed by atoms with van der Waals surface area (Å²) in [6, 6.07) is 28.4. The SMILES string of the molecule is Cc1cc(N[C@H]2CC[C@@H](NC(=O)c3ccc(OCc4ccccc4)cc3)CC2)nc2ccccc12.O=C(O)C(F)(F)F. The molecule has 0 aliphatic heterocycles. The molecule has 3 aromatic carbocycles. The molecular weight excluding hydrogens is 547 g/mol. The van der Waals surface area contributed by atoms with Gasteiger partial charge in [-0.3, -0.25) is 4.79 Å². The molecule has 4 aromatic rings. The summed E-state index contributed by atoms with van der Waals surface area (Å²) in [7, 11) is 0. The van der Waals surface area contributed by atoms with Crippen molar-refractivity contribution in [3.05, 3.63) is 102 Å². The fourth-order valence-electron chi connectivity index (χ4n) is 4.73. The van der Waals surface area contributed by atoms with Crippen molar-refractivity contribution < 1.29 is 32.6 Å². The first-order valence-corrected chi connectivity index (χ1v) is 13.6. The number of nitrogens with zero attached hydrogens (tertiary/aromatic N) is 1. The number of fused-ring (bicyclic) bond motifs is 1. The minimum absolute atomic E-state index is 0.0251. The number of para-hydroxylation sites is 1. The van der Waals surface area contributed by atoms with Crippen molar-refractivity contribution in [1.82, 2.24) is 10.3 Å². The van der Waals surface area contributed by atoms with Crippen LogP contribution in [0.2, 0.25) is 0 Å². The first-order chi connectivity index (χ1) is 20.1. The van der Waals surface area contributed by atoms with Gasteiger partial charge in [0.25, 0.3) is 5.91 Å². The van der Waals surface area contributed by atoms with Crippen LogP contribution in [0.1, 0.15) is 47.2 Å². The van der Waals surface area contributed by atoms with Gasteiger partial charge in [0.15, 0.2) is 0 Å². The summed E-state index contributed by atoms with van der Waals surface area (Å²) in [5.74, 6) is -1.09. The summed E-state index contributed by atoms with van der Waals surface area (Å²) in [4.78, 5) is 26.4. The first-order valence-electron chi connectivity index (χ1n) is 13.6. The number of aliphatic carboxylic acids is 1. The van der Waals surface area contributed by atoms with E-state index in [9.17, 15) is 18.0 Å². The molecule has 10 heteroatoms. The van der Waals surface area contributed by atoms with Crippen LogP contribution in [0.15, 0.2) is 84.9 Å². The van der Waals surface area contributed by atoms with Crippen LogP contribution in [-0.2, 0) is 11.4 Å². The molecule has 1 saturated carbocycles. The number of carbonyl (C=O) groups excluding carboxylic acids is 1. The van der Waals surface area contributed by atoms with Gasteiger partial charge >= 0.3 is 12.1 Å². The average Bonchev–Trinajstić information content (AvgIpc) is 2.98. The van der Waals surface area contributed by atoms with Crippen molar-refractivity contribution in [2.75, 3.05) is 5.32 Å². The summed E-state index contributed by atoms with van der Waals surface area (Å²) in [5, 5.41) is 15.1. The zero-order valence-corrected chi connectivity index (χ0v) is 23.0. The smallest absolute Gasteiger partial charge is 0.489 e. The van der Waals surface area contributed by atoms with Crippen LogP contribution in [0.5, 0.6) is 5.75 Å². The molecule has 7 nitrogen and oxygen atoms in total. The molecule has 1 aromatic heterocycles.